The van der Waals surface area contributed by atoms with Crippen molar-refractivity contribution in [2.24, 2.45) is 11.7 Å². The van der Waals surface area contributed by atoms with Crippen molar-refractivity contribution < 1.29 is 14.3 Å². The molecule has 0 amide bonds. The second-order valence-corrected chi connectivity index (χ2v) is 5.74. The average molecular weight is 255 g/mol. The quantitative estimate of drug-likeness (QED) is 0.784. The SMILES string of the molecule is CCC1CCCC(OC(=O)C2(N)CCOCC2)C1. The first-order chi connectivity index (χ1) is 8.64. The molecular formula is C14H25NO3. The lowest BCUT2D eigenvalue weighted by molar-refractivity contribution is -0.161. The molecule has 2 rings (SSSR count). The molecule has 4 heteroatoms. The van der Waals surface area contributed by atoms with Crippen LogP contribution in [0.25, 0.3) is 0 Å². The van der Waals surface area contributed by atoms with E-state index in [1.165, 1.54) is 12.8 Å². The van der Waals surface area contributed by atoms with Crippen LogP contribution in [0.1, 0.15) is 51.9 Å². The van der Waals surface area contributed by atoms with Crippen LogP contribution in [0.4, 0.5) is 0 Å². The summed E-state index contributed by atoms with van der Waals surface area (Å²) < 4.78 is 10.9. The maximum atomic E-state index is 12.2. The van der Waals surface area contributed by atoms with Gasteiger partial charge in [0.2, 0.25) is 0 Å². The summed E-state index contributed by atoms with van der Waals surface area (Å²) >= 11 is 0. The highest BCUT2D eigenvalue weighted by Gasteiger charge is 2.39. The smallest absolute Gasteiger partial charge is 0.326 e. The van der Waals surface area contributed by atoms with E-state index < -0.39 is 5.54 Å². The van der Waals surface area contributed by atoms with Crippen LogP contribution < -0.4 is 5.73 Å². The van der Waals surface area contributed by atoms with Crippen molar-refractivity contribution in [1.82, 2.24) is 0 Å². The van der Waals surface area contributed by atoms with E-state index in [2.05, 4.69) is 6.92 Å². The predicted molar refractivity (Wildman–Crippen MR) is 69.1 cm³/mol. The lowest BCUT2D eigenvalue weighted by atomic mass is 9.85. The minimum absolute atomic E-state index is 0.0828. The third-order valence-corrected chi connectivity index (χ3v) is 4.38. The zero-order valence-corrected chi connectivity index (χ0v) is 11.3. The van der Waals surface area contributed by atoms with Crippen LogP contribution in [0.2, 0.25) is 0 Å². The van der Waals surface area contributed by atoms with Crippen molar-refractivity contribution >= 4 is 5.97 Å². The fourth-order valence-corrected chi connectivity index (χ4v) is 2.93. The molecule has 2 fully saturated rings. The van der Waals surface area contributed by atoms with Gasteiger partial charge in [-0.25, -0.2) is 0 Å². The summed E-state index contributed by atoms with van der Waals surface area (Å²) in [6.07, 6.45) is 6.85. The molecule has 0 aromatic heterocycles. The molecular weight excluding hydrogens is 230 g/mol. The van der Waals surface area contributed by atoms with Gasteiger partial charge in [-0.1, -0.05) is 19.8 Å². The first-order valence-electron chi connectivity index (χ1n) is 7.22. The molecule has 2 N–H and O–H groups in total. The van der Waals surface area contributed by atoms with Crippen LogP contribution in [0.15, 0.2) is 0 Å². The van der Waals surface area contributed by atoms with Crippen molar-refractivity contribution in [2.45, 2.75) is 63.5 Å². The molecule has 1 saturated heterocycles. The van der Waals surface area contributed by atoms with Gasteiger partial charge < -0.3 is 15.2 Å². The summed E-state index contributed by atoms with van der Waals surface area (Å²) in [5.41, 5.74) is 5.32. The lowest BCUT2D eigenvalue weighted by Gasteiger charge is -2.34. The normalized spacial score (nSPS) is 31.9. The van der Waals surface area contributed by atoms with Gasteiger partial charge in [-0.05, 0) is 38.0 Å². The Labute approximate surface area is 109 Å². The van der Waals surface area contributed by atoms with Crippen LogP contribution in [0.3, 0.4) is 0 Å². The molecule has 2 unspecified atom stereocenters. The Morgan fingerprint density at radius 1 is 1.39 bits per heavy atom. The maximum absolute atomic E-state index is 12.2. The molecule has 1 saturated carbocycles. The zero-order valence-electron chi connectivity index (χ0n) is 11.3. The Kier molecular flexibility index (Phi) is 4.62. The summed E-state index contributed by atoms with van der Waals surface area (Å²) in [7, 11) is 0. The maximum Gasteiger partial charge on any atom is 0.326 e. The Bertz CT molecular complexity index is 287. The van der Waals surface area contributed by atoms with Crippen LogP contribution in [-0.4, -0.2) is 30.8 Å². The molecule has 104 valence electrons. The highest BCUT2D eigenvalue weighted by molar-refractivity contribution is 5.80. The van der Waals surface area contributed by atoms with Gasteiger partial charge in [-0.3, -0.25) is 4.79 Å². The Morgan fingerprint density at radius 2 is 2.11 bits per heavy atom. The molecule has 0 radical (unpaired) electrons. The lowest BCUT2D eigenvalue weighted by Crippen LogP contribution is -2.53. The molecule has 4 nitrogen and oxygen atoms in total. The monoisotopic (exact) mass is 255 g/mol. The van der Waals surface area contributed by atoms with Gasteiger partial charge in [-0.15, -0.1) is 0 Å². The van der Waals surface area contributed by atoms with Crippen molar-refractivity contribution in [3.63, 3.8) is 0 Å². The topological polar surface area (TPSA) is 61.5 Å². The second-order valence-electron chi connectivity index (χ2n) is 5.74. The molecule has 0 spiro atoms. The summed E-state index contributed by atoms with van der Waals surface area (Å²) in [5.74, 6) is 0.493. The number of carbonyl (C=O) groups excluding carboxylic acids is 1. The van der Waals surface area contributed by atoms with E-state index in [1.807, 2.05) is 0 Å². The molecule has 0 aromatic carbocycles. The van der Waals surface area contributed by atoms with Crippen LogP contribution in [0.5, 0.6) is 0 Å². The standard InChI is InChI=1S/C14H25NO3/c1-2-11-4-3-5-12(10-11)18-13(16)14(15)6-8-17-9-7-14/h11-12H,2-10,15H2,1H3. The molecule has 0 aromatic rings. The summed E-state index contributed by atoms with van der Waals surface area (Å²) in [6.45, 7) is 3.33. The average Bonchev–Trinajstić information content (AvgIpc) is 2.40. The van der Waals surface area contributed by atoms with Crippen LogP contribution in [0, 0.1) is 5.92 Å². The first kappa shape index (κ1) is 13.8. The Morgan fingerprint density at radius 3 is 2.78 bits per heavy atom. The molecule has 1 aliphatic carbocycles. The number of rotatable bonds is 3. The number of esters is 1. The summed E-state index contributed by atoms with van der Waals surface area (Å²) in [6, 6.07) is 0. The molecule has 2 aliphatic rings. The molecule has 18 heavy (non-hydrogen) atoms. The van der Waals surface area contributed by atoms with Gasteiger partial charge >= 0.3 is 5.97 Å². The predicted octanol–water partition coefficient (Wildman–Crippen LogP) is 2.01. The molecule has 1 aliphatic heterocycles. The minimum atomic E-state index is -0.808. The second kappa shape index (κ2) is 6.02. The van der Waals surface area contributed by atoms with E-state index in [9.17, 15) is 4.79 Å². The number of carbonyl (C=O) groups is 1. The summed E-state index contributed by atoms with van der Waals surface area (Å²) in [4.78, 5) is 12.2. The van der Waals surface area contributed by atoms with Crippen molar-refractivity contribution in [1.29, 1.82) is 0 Å². The zero-order chi connectivity index (χ0) is 13.0. The van der Waals surface area contributed by atoms with Gasteiger partial charge in [-0.2, -0.15) is 0 Å². The van der Waals surface area contributed by atoms with Gasteiger partial charge in [0.05, 0.1) is 0 Å². The number of ether oxygens (including phenoxy) is 2. The Balaban J connectivity index is 1.86. The molecule has 0 bridgehead atoms. The van der Waals surface area contributed by atoms with Crippen molar-refractivity contribution in [3.8, 4) is 0 Å². The number of nitrogens with two attached hydrogens (primary N) is 1. The number of hydrogen-bond donors (Lipinski definition) is 1. The third-order valence-electron chi connectivity index (χ3n) is 4.38. The summed E-state index contributed by atoms with van der Waals surface area (Å²) in [5, 5.41) is 0. The van der Waals surface area contributed by atoms with Gasteiger partial charge in [0.15, 0.2) is 0 Å². The van der Waals surface area contributed by atoms with Crippen molar-refractivity contribution in [3.05, 3.63) is 0 Å². The molecule has 2 atom stereocenters. The first-order valence-corrected chi connectivity index (χ1v) is 7.22. The van der Waals surface area contributed by atoms with E-state index in [0.717, 1.165) is 19.3 Å². The fraction of sp³-hybridized carbons (Fsp3) is 0.929. The number of hydrogen-bond acceptors (Lipinski definition) is 4. The van der Waals surface area contributed by atoms with Crippen LogP contribution in [-0.2, 0) is 14.3 Å². The third kappa shape index (κ3) is 3.23. The van der Waals surface area contributed by atoms with E-state index in [0.29, 0.717) is 32.0 Å². The van der Waals surface area contributed by atoms with E-state index in [-0.39, 0.29) is 12.1 Å². The molecule has 1 heterocycles. The van der Waals surface area contributed by atoms with Crippen LogP contribution >= 0.6 is 0 Å². The largest absolute Gasteiger partial charge is 0.461 e. The fourth-order valence-electron chi connectivity index (χ4n) is 2.93. The van der Waals surface area contributed by atoms with E-state index >= 15 is 0 Å². The Hall–Kier alpha value is -0.610. The van der Waals surface area contributed by atoms with E-state index in [4.69, 9.17) is 15.2 Å². The van der Waals surface area contributed by atoms with E-state index in [1.54, 1.807) is 0 Å². The minimum Gasteiger partial charge on any atom is -0.461 e. The van der Waals surface area contributed by atoms with Gasteiger partial charge in [0.25, 0.3) is 0 Å². The van der Waals surface area contributed by atoms with Gasteiger partial charge in [0.1, 0.15) is 11.6 Å². The van der Waals surface area contributed by atoms with Crippen molar-refractivity contribution in [2.75, 3.05) is 13.2 Å². The van der Waals surface area contributed by atoms with Gasteiger partial charge in [0, 0.05) is 13.2 Å². The highest BCUT2D eigenvalue weighted by Crippen LogP contribution is 2.30. The highest BCUT2D eigenvalue weighted by atomic mass is 16.5.